The molecule has 158 valence electrons. The normalized spacial score (nSPS) is 19.5. The van der Waals surface area contributed by atoms with Crippen LogP contribution in [0.5, 0.6) is 11.5 Å². The van der Waals surface area contributed by atoms with Crippen LogP contribution < -0.4 is 20.1 Å². The Morgan fingerprint density at radius 1 is 1.20 bits per heavy atom. The van der Waals surface area contributed by atoms with Gasteiger partial charge in [-0.3, -0.25) is 14.6 Å². The predicted octanol–water partition coefficient (Wildman–Crippen LogP) is 2.53. The molecule has 2 aliphatic rings. The molecule has 2 aliphatic heterocycles. The van der Waals surface area contributed by atoms with Gasteiger partial charge in [-0.15, -0.1) is 0 Å². The van der Waals surface area contributed by atoms with E-state index in [0.29, 0.717) is 32.2 Å². The number of carbonyl (C=O) groups excluding carboxylic acids is 2. The summed E-state index contributed by atoms with van der Waals surface area (Å²) in [5.74, 6) is 1.55. The van der Waals surface area contributed by atoms with Crippen molar-refractivity contribution in [2.24, 2.45) is 0 Å². The zero-order valence-electron chi connectivity index (χ0n) is 17.0. The SMILES string of the molecule is O=C(CCC1(Cc2ccc3c(c2)OCO3)CCC(=O)N1)NCCCc1cccnc1. The number of aryl methyl sites for hydroxylation is 1. The summed E-state index contributed by atoms with van der Waals surface area (Å²) in [7, 11) is 0. The molecule has 7 nitrogen and oxygen atoms in total. The van der Waals surface area contributed by atoms with E-state index < -0.39 is 5.54 Å². The summed E-state index contributed by atoms with van der Waals surface area (Å²) >= 11 is 0. The molecular formula is C23H27N3O4. The molecule has 0 radical (unpaired) electrons. The zero-order valence-corrected chi connectivity index (χ0v) is 17.0. The molecular weight excluding hydrogens is 382 g/mol. The summed E-state index contributed by atoms with van der Waals surface area (Å²) in [5, 5.41) is 6.12. The number of ether oxygens (including phenoxy) is 2. The first-order chi connectivity index (χ1) is 14.6. The first-order valence-corrected chi connectivity index (χ1v) is 10.5. The van der Waals surface area contributed by atoms with E-state index in [-0.39, 0.29) is 18.6 Å². The first-order valence-electron chi connectivity index (χ1n) is 10.5. The van der Waals surface area contributed by atoms with E-state index in [9.17, 15) is 9.59 Å². The first kappa shape index (κ1) is 20.2. The van der Waals surface area contributed by atoms with Crippen molar-refractivity contribution < 1.29 is 19.1 Å². The second-order valence-corrected chi connectivity index (χ2v) is 8.01. The summed E-state index contributed by atoms with van der Waals surface area (Å²) in [6.45, 7) is 0.872. The fourth-order valence-electron chi connectivity index (χ4n) is 4.13. The Morgan fingerprint density at radius 3 is 2.90 bits per heavy atom. The lowest BCUT2D eigenvalue weighted by Crippen LogP contribution is -2.44. The van der Waals surface area contributed by atoms with Crippen molar-refractivity contribution in [3.05, 3.63) is 53.9 Å². The van der Waals surface area contributed by atoms with Gasteiger partial charge in [0.25, 0.3) is 0 Å². The number of benzene rings is 1. The van der Waals surface area contributed by atoms with Gasteiger partial charge in [0, 0.05) is 37.3 Å². The summed E-state index contributed by atoms with van der Waals surface area (Å²) in [5.41, 5.74) is 1.85. The third-order valence-electron chi connectivity index (χ3n) is 5.73. The summed E-state index contributed by atoms with van der Waals surface area (Å²) in [6.07, 6.45) is 8.26. The molecule has 2 N–H and O–H groups in total. The lowest BCUT2D eigenvalue weighted by molar-refractivity contribution is -0.122. The maximum absolute atomic E-state index is 12.4. The van der Waals surface area contributed by atoms with E-state index in [4.69, 9.17) is 9.47 Å². The Bertz CT molecular complexity index is 903. The molecule has 1 unspecified atom stereocenters. The minimum atomic E-state index is -0.391. The number of carbonyl (C=O) groups is 2. The minimum absolute atomic E-state index is 0.0207. The molecule has 0 saturated carbocycles. The number of amides is 2. The van der Waals surface area contributed by atoms with E-state index in [2.05, 4.69) is 15.6 Å². The lowest BCUT2D eigenvalue weighted by Gasteiger charge is -2.29. The van der Waals surface area contributed by atoms with E-state index >= 15 is 0 Å². The van der Waals surface area contributed by atoms with Gasteiger partial charge < -0.3 is 20.1 Å². The van der Waals surface area contributed by atoms with Crippen molar-refractivity contribution in [3.8, 4) is 11.5 Å². The molecule has 30 heavy (non-hydrogen) atoms. The van der Waals surface area contributed by atoms with Gasteiger partial charge in [-0.05, 0) is 61.4 Å². The highest BCUT2D eigenvalue weighted by Crippen LogP contribution is 2.35. The Morgan fingerprint density at radius 2 is 2.10 bits per heavy atom. The maximum Gasteiger partial charge on any atom is 0.231 e. The van der Waals surface area contributed by atoms with Crippen LogP contribution in [-0.4, -0.2) is 35.7 Å². The molecule has 4 rings (SSSR count). The molecule has 2 aromatic rings. The number of hydrogen-bond acceptors (Lipinski definition) is 5. The quantitative estimate of drug-likeness (QED) is 0.621. The molecule has 3 heterocycles. The molecule has 1 saturated heterocycles. The van der Waals surface area contributed by atoms with Crippen molar-refractivity contribution in [2.45, 2.75) is 50.5 Å². The van der Waals surface area contributed by atoms with Crippen LogP contribution in [0.25, 0.3) is 0 Å². The number of fused-ring (bicyclic) bond motifs is 1. The van der Waals surface area contributed by atoms with Gasteiger partial charge in [0.05, 0.1) is 0 Å². The molecule has 0 spiro atoms. The highest BCUT2D eigenvalue weighted by atomic mass is 16.7. The van der Waals surface area contributed by atoms with Gasteiger partial charge >= 0.3 is 0 Å². The number of pyridine rings is 1. The van der Waals surface area contributed by atoms with E-state index in [1.165, 1.54) is 5.56 Å². The van der Waals surface area contributed by atoms with E-state index in [0.717, 1.165) is 36.3 Å². The van der Waals surface area contributed by atoms with Crippen LogP contribution in [0.15, 0.2) is 42.7 Å². The fourth-order valence-corrected chi connectivity index (χ4v) is 4.13. The van der Waals surface area contributed by atoms with Crippen LogP contribution in [-0.2, 0) is 22.4 Å². The molecule has 7 heteroatoms. The number of rotatable bonds is 9. The van der Waals surface area contributed by atoms with Crippen LogP contribution >= 0.6 is 0 Å². The molecule has 0 bridgehead atoms. The van der Waals surface area contributed by atoms with Gasteiger partial charge in [0.2, 0.25) is 18.6 Å². The van der Waals surface area contributed by atoms with Gasteiger partial charge in [-0.25, -0.2) is 0 Å². The average Bonchev–Trinajstić information content (AvgIpc) is 3.37. The topological polar surface area (TPSA) is 89.5 Å². The Labute approximate surface area is 176 Å². The third kappa shape index (κ3) is 5.09. The number of aromatic nitrogens is 1. The van der Waals surface area contributed by atoms with Crippen LogP contribution in [0.4, 0.5) is 0 Å². The van der Waals surface area contributed by atoms with Crippen molar-refractivity contribution in [1.82, 2.24) is 15.6 Å². The largest absolute Gasteiger partial charge is 0.454 e. The average molecular weight is 409 g/mol. The monoisotopic (exact) mass is 409 g/mol. The van der Waals surface area contributed by atoms with Crippen molar-refractivity contribution >= 4 is 11.8 Å². The van der Waals surface area contributed by atoms with E-state index in [1.807, 2.05) is 36.5 Å². The number of nitrogens with one attached hydrogen (secondary N) is 2. The second kappa shape index (κ2) is 9.15. The van der Waals surface area contributed by atoms with Crippen molar-refractivity contribution in [1.29, 1.82) is 0 Å². The summed E-state index contributed by atoms with van der Waals surface area (Å²) < 4.78 is 10.8. The lowest BCUT2D eigenvalue weighted by atomic mass is 9.85. The molecule has 1 aromatic heterocycles. The Kier molecular flexibility index (Phi) is 6.16. The summed E-state index contributed by atoms with van der Waals surface area (Å²) in [6, 6.07) is 9.82. The highest BCUT2D eigenvalue weighted by molar-refractivity contribution is 5.80. The second-order valence-electron chi connectivity index (χ2n) is 8.01. The van der Waals surface area contributed by atoms with Gasteiger partial charge in [0.1, 0.15) is 0 Å². The summed E-state index contributed by atoms with van der Waals surface area (Å²) in [4.78, 5) is 28.4. The van der Waals surface area contributed by atoms with Gasteiger partial charge in [-0.1, -0.05) is 12.1 Å². The maximum atomic E-state index is 12.4. The van der Waals surface area contributed by atoms with Gasteiger partial charge in [-0.2, -0.15) is 0 Å². The molecule has 2 amide bonds. The minimum Gasteiger partial charge on any atom is -0.454 e. The number of nitrogens with zero attached hydrogens (tertiary/aromatic N) is 1. The number of hydrogen-bond donors (Lipinski definition) is 2. The molecule has 1 aromatic carbocycles. The highest BCUT2D eigenvalue weighted by Gasteiger charge is 2.38. The Hall–Kier alpha value is -3.09. The van der Waals surface area contributed by atoms with Crippen LogP contribution in [0.2, 0.25) is 0 Å². The van der Waals surface area contributed by atoms with Crippen LogP contribution in [0.1, 0.15) is 43.2 Å². The smallest absolute Gasteiger partial charge is 0.231 e. The predicted molar refractivity (Wildman–Crippen MR) is 111 cm³/mol. The third-order valence-corrected chi connectivity index (χ3v) is 5.73. The van der Waals surface area contributed by atoms with Crippen LogP contribution in [0.3, 0.4) is 0 Å². The fraction of sp³-hybridized carbons (Fsp3) is 0.435. The Balaban J connectivity index is 1.27. The van der Waals surface area contributed by atoms with Crippen molar-refractivity contribution in [3.63, 3.8) is 0 Å². The van der Waals surface area contributed by atoms with E-state index in [1.54, 1.807) is 6.20 Å². The zero-order chi connectivity index (χ0) is 20.8. The van der Waals surface area contributed by atoms with Crippen molar-refractivity contribution in [2.75, 3.05) is 13.3 Å². The van der Waals surface area contributed by atoms with Gasteiger partial charge in [0.15, 0.2) is 11.5 Å². The molecule has 1 atom stereocenters. The van der Waals surface area contributed by atoms with Crippen LogP contribution in [0, 0.1) is 0 Å². The standard InChI is InChI=1S/C23H27N3O4/c27-21(25-12-2-4-17-3-1-11-24-15-17)7-9-23(10-8-22(28)26-23)14-18-5-6-19-20(13-18)30-16-29-19/h1,3,5-6,11,13,15H,2,4,7-10,12,14,16H2,(H,25,27)(H,26,28). The molecule has 0 aliphatic carbocycles. The molecule has 1 fully saturated rings.